The van der Waals surface area contributed by atoms with Crippen LogP contribution in [0.5, 0.6) is 0 Å². The molecule has 0 aromatic heterocycles. The van der Waals surface area contributed by atoms with Crippen LogP contribution in [0.15, 0.2) is 53.5 Å². The van der Waals surface area contributed by atoms with Crippen molar-refractivity contribution in [3.63, 3.8) is 0 Å². The summed E-state index contributed by atoms with van der Waals surface area (Å²) < 4.78 is -0.192. The number of nitro groups is 1. The van der Waals surface area contributed by atoms with Crippen LogP contribution in [-0.2, 0) is 6.54 Å². The molecule has 0 fully saturated rings. The maximum atomic E-state index is 10.8. The van der Waals surface area contributed by atoms with E-state index in [4.69, 9.17) is 0 Å². The Bertz CT molecular complexity index is 763. The maximum absolute atomic E-state index is 10.8. The summed E-state index contributed by atoms with van der Waals surface area (Å²) in [6, 6.07) is 14.5. The number of nitro benzene ring substituents is 1. The monoisotopic (exact) mass is 361 g/mol. The van der Waals surface area contributed by atoms with Gasteiger partial charge in [-0.1, -0.05) is 24.3 Å². The van der Waals surface area contributed by atoms with Gasteiger partial charge in [0.15, 0.2) is 0 Å². The summed E-state index contributed by atoms with van der Waals surface area (Å²) in [6.45, 7) is 2.32. The summed E-state index contributed by atoms with van der Waals surface area (Å²) in [6.07, 6.45) is 0. The van der Waals surface area contributed by atoms with E-state index in [1.807, 2.05) is 49.2 Å². The number of hydrogen-bond acceptors (Lipinski definition) is 6. The molecule has 0 aliphatic carbocycles. The van der Waals surface area contributed by atoms with Gasteiger partial charge in [0.2, 0.25) is 0 Å². The average molecular weight is 361 g/mol. The van der Waals surface area contributed by atoms with Crippen molar-refractivity contribution in [2.75, 3.05) is 11.9 Å². The molecule has 24 heavy (non-hydrogen) atoms. The van der Waals surface area contributed by atoms with Gasteiger partial charge in [0, 0.05) is 30.6 Å². The van der Waals surface area contributed by atoms with Crippen molar-refractivity contribution >= 4 is 42.3 Å². The SMILES string of the molecule is CC(=NCc1cccc([N+](=O)[O-])c1)c1cccc(N(C)C(S)S)c1. The van der Waals surface area contributed by atoms with E-state index in [1.165, 1.54) is 6.07 Å². The lowest BCUT2D eigenvalue weighted by Gasteiger charge is -2.22. The van der Waals surface area contributed by atoms with Crippen molar-refractivity contribution in [2.24, 2.45) is 4.99 Å². The molecular weight excluding hydrogens is 342 g/mol. The molecule has 0 atom stereocenters. The van der Waals surface area contributed by atoms with Crippen LogP contribution >= 0.6 is 25.3 Å². The zero-order chi connectivity index (χ0) is 17.7. The molecule has 5 nitrogen and oxygen atoms in total. The van der Waals surface area contributed by atoms with Crippen molar-refractivity contribution in [3.05, 3.63) is 69.8 Å². The zero-order valence-corrected chi connectivity index (χ0v) is 15.2. The van der Waals surface area contributed by atoms with Gasteiger partial charge < -0.3 is 4.90 Å². The third kappa shape index (κ3) is 4.75. The molecule has 0 saturated heterocycles. The van der Waals surface area contributed by atoms with E-state index in [0.29, 0.717) is 6.54 Å². The van der Waals surface area contributed by atoms with Gasteiger partial charge in [0.05, 0.1) is 11.5 Å². The van der Waals surface area contributed by atoms with Gasteiger partial charge in [-0.25, -0.2) is 0 Å². The van der Waals surface area contributed by atoms with Gasteiger partial charge in [0.1, 0.15) is 4.71 Å². The molecule has 126 valence electrons. The Labute approximate surface area is 152 Å². The van der Waals surface area contributed by atoms with Gasteiger partial charge in [-0.3, -0.25) is 15.1 Å². The molecule has 0 radical (unpaired) electrons. The minimum atomic E-state index is -0.398. The van der Waals surface area contributed by atoms with Crippen LogP contribution in [0.25, 0.3) is 0 Å². The lowest BCUT2D eigenvalue weighted by molar-refractivity contribution is -0.384. The second-order valence-corrected chi connectivity index (χ2v) is 6.72. The van der Waals surface area contributed by atoms with Crippen LogP contribution in [0.4, 0.5) is 11.4 Å². The Balaban J connectivity index is 2.18. The van der Waals surface area contributed by atoms with E-state index in [9.17, 15) is 10.1 Å². The fraction of sp³-hybridized carbons (Fsp3) is 0.235. The highest BCUT2D eigenvalue weighted by molar-refractivity contribution is 7.99. The standard InChI is InChI=1S/C17H19N3O2S2/c1-12(14-6-4-7-15(10-14)19(2)17(23)24)18-11-13-5-3-8-16(9-13)20(21)22/h3-10,17,23-24H,11H2,1-2H3. The second-order valence-electron chi connectivity index (χ2n) is 5.34. The molecule has 0 heterocycles. The van der Waals surface area contributed by atoms with Gasteiger partial charge >= 0.3 is 0 Å². The summed E-state index contributed by atoms with van der Waals surface area (Å²) >= 11 is 8.62. The predicted molar refractivity (Wildman–Crippen MR) is 106 cm³/mol. The molecule has 0 saturated carbocycles. The number of thiol groups is 2. The quantitative estimate of drug-likeness (QED) is 0.267. The molecule has 0 bridgehead atoms. The molecule has 2 aromatic rings. The molecule has 0 unspecified atom stereocenters. The van der Waals surface area contributed by atoms with Crippen LogP contribution in [-0.4, -0.2) is 22.4 Å². The third-order valence-corrected chi connectivity index (χ3v) is 4.33. The van der Waals surface area contributed by atoms with Crippen molar-refractivity contribution in [2.45, 2.75) is 18.2 Å². The second kappa shape index (κ2) is 8.21. The summed E-state index contributed by atoms with van der Waals surface area (Å²) in [5.41, 5.74) is 3.74. The Morgan fingerprint density at radius 1 is 1.25 bits per heavy atom. The highest BCUT2D eigenvalue weighted by Gasteiger charge is 2.08. The summed E-state index contributed by atoms with van der Waals surface area (Å²) in [7, 11) is 1.92. The number of nitrogens with zero attached hydrogens (tertiary/aromatic N) is 3. The van der Waals surface area contributed by atoms with Crippen LogP contribution in [0.3, 0.4) is 0 Å². The van der Waals surface area contributed by atoms with Crippen molar-refractivity contribution in [1.82, 2.24) is 0 Å². The van der Waals surface area contributed by atoms with Gasteiger partial charge in [-0.2, -0.15) is 0 Å². The fourth-order valence-corrected chi connectivity index (χ4v) is 2.42. The third-order valence-electron chi connectivity index (χ3n) is 3.64. The van der Waals surface area contributed by atoms with Crippen LogP contribution in [0.2, 0.25) is 0 Å². The van der Waals surface area contributed by atoms with Gasteiger partial charge in [0.25, 0.3) is 5.69 Å². The number of rotatable bonds is 6. The zero-order valence-electron chi connectivity index (χ0n) is 13.5. The topological polar surface area (TPSA) is 58.7 Å². The Morgan fingerprint density at radius 2 is 1.96 bits per heavy atom. The first kappa shape index (κ1) is 18.4. The van der Waals surface area contributed by atoms with E-state index < -0.39 is 4.92 Å². The van der Waals surface area contributed by atoms with Crippen molar-refractivity contribution < 1.29 is 4.92 Å². The molecular formula is C17H19N3O2S2. The van der Waals surface area contributed by atoms with E-state index >= 15 is 0 Å². The number of aliphatic imine (C=N–C) groups is 1. The Kier molecular flexibility index (Phi) is 6.28. The largest absolute Gasteiger partial charge is 0.354 e. The van der Waals surface area contributed by atoms with E-state index in [-0.39, 0.29) is 10.4 Å². The highest BCUT2D eigenvalue weighted by atomic mass is 32.2. The van der Waals surface area contributed by atoms with Gasteiger partial charge in [-0.15, -0.1) is 25.3 Å². The molecule has 2 rings (SSSR count). The minimum Gasteiger partial charge on any atom is -0.354 e. The van der Waals surface area contributed by atoms with E-state index in [0.717, 1.165) is 22.5 Å². The summed E-state index contributed by atoms with van der Waals surface area (Å²) in [5.74, 6) is 0. The number of hydrogen-bond donors (Lipinski definition) is 2. The van der Waals surface area contributed by atoms with Crippen molar-refractivity contribution in [1.29, 1.82) is 0 Å². The number of anilines is 1. The van der Waals surface area contributed by atoms with E-state index in [2.05, 4.69) is 30.2 Å². The maximum Gasteiger partial charge on any atom is 0.269 e. The first-order valence-electron chi connectivity index (χ1n) is 7.32. The van der Waals surface area contributed by atoms with Crippen LogP contribution < -0.4 is 4.90 Å². The molecule has 0 amide bonds. The van der Waals surface area contributed by atoms with E-state index in [1.54, 1.807) is 12.1 Å². The summed E-state index contributed by atoms with van der Waals surface area (Å²) in [4.78, 5) is 16.9. The van der Waals surface area contributed by atoms with Crippen LogP contribution in [0.1, 0.15) is 18.1 Å². The Hall–Kier alpha value is -1.99. The molecule has 0 aliphatic rings. The van der Waals surface area contributed by atoms with Crippen molar-refractivity contribution in [3.8, 4) is 0 Å². The molecule has 0 aliphatic heterocycles. The van der Waals surface area contributed by atoms with Crippen LogP contribution in [0, 0.1) is 10.1 Å². The highest BCUT2D eigenvalue weighted by Crippen LogP contribution is 2.21. The Morgan fingerprint density at radius 3 is 2.62 bits per heavy atom. The van der Waals surface area contributed by atoms with Gasteiger partial charge in [-0.05, 0) is 30.2 Å². The predicted octanol–water partition coefficient (Wildman–Crippen LogP) is 4.18. The molecule has 7 heteroatoms. The molecule has 0 spiro atoms. The lowest BCUT2D eigenvalue weighted by atomic mass is 10.1. The molecule has 2 aromatic carbocycles. The lowest BCUT2D eigenvalue weighted by Crippen LogP contribution is -2.21. The molecule has 0 N–H and O–H groups in total. The number of non-ortho nitro benzene ring substituents is 1. The fourth-order valence-electron chi connectivity index (χ4n) is 2.15. The summed E-state index contributed by atoms with van der Waals surface area (Å²) in [5, 5.41) is 10.8. The minimum absolute atomic E-state index is 0.0811. The first-order valence-corrected chi connectivity index (χ1v) is 8.35. The first-order chi connectivity index (χ1) is 11.4. The average Bonchev–Trinajstić information content (AvgIpc) is 2.59. The normalized spacial score (nSPS) is 11.6. The smallest absolute Gasteiger partial charge is 0.269 e. The number of benzene rings is 2.